The first-order chi connectivity index (χ1) is 8.92. The molecule has 0 fully saturated rings. The van der Waals surface area contributed by atoms with Crippen LogP contribution in [0.25, 0.3) is 6.08 Å². The van der Waals surface area contributed by atoms with Crippen LogP contribution in [0.5, 0.6) is 5.75 Å². The molecule has 104 valence electrons. The number of amides is 1. The highest BCUT2D eigenvalue weighted by Crippen LogP contribution is 2.19. The van der Waals surface area contributed by atoms with Gasteiger partial charge in [-0.15, -0.1) is 0 Å². The van der Waals surface area contributed by atoms with E-state index in [9.17, 15) is 4.79 Å². The molecular weight excluding hydrogens is 238 g/mol. The molecule has 0 bridgehead atoms. The van der Waals surface area contributed by atoms with E-state index >= 15 is 0 Å². The smallest absolute Gasteiger partial charge is 0.244 e. The Balaban J connectivity index is 2.73. The van der Waals surface area contributed by atoms with E-state index in [1.165, 1.54) is 0 Å². The van der Waals surface area contributed by atoms with Crippen molar-refractivity contribution in [2.45, 2.75) is 39.7 Å². The van der Waals surface area contributed by atoms with Gasteiger partial charge in [-0.1, -0.05) is 25.1 Å². The molecule has 0 unspecified atom stereocenters. The molecule has 0 saturated carbocycles. The molecule has 1 amide bonds. The highest BCUT2D eigenvalue weighted by Gasteiger charge is 2.11. The quantitative estimate of drug-likeness (QED) is 0.825. The molecule has 0 heterocycles. The number of hydrogen-bond acceptors (Lipinski definition) is 2. The molecule has 0 radical (unpaired) electrons. The molecule has 1 aromatic rings. The lowest BCUT2D eigenvalue weighted by atomic mass is 10.1. The van der Waals surface area contributed by atoms with E-state index in [1.807, 2.05) is 45.0 Å². The summed E-state index contributed by atoms with van der Waals surface area (Å²) in [4.78, 5) is 11.7. The first-order valence-corrected chi connectivity index (χ1v) is 6.64. The third-order valence-electron chi connectivity index (χ3n) is 2.29. The number of benzene rings is 1. The van der Waals surface area contributed by atoms with Gasteiger partial charge in [0.25, 0.3) is 0 Å². The van der Waals surface area contributed by atoms with E-state index in [0.717, 1.165) is 17.7 Å². The molecule has 1 aromatic carbocycles. The van der Waals surface area contributed by atoms with E-state index in [1.54, 1.807) is 12.2 Å². The third kappa shape index (κ3) is 6.09. The van der Waals surface area contributed by atoms with Crippen molar-refractivity contribution in [1.29, 1.82) is 0 Å². The fourth-order valence-electron chi connectivity index (χ4n) is 1.54. The van der Waals surface area contributed by atoms with Crippen LogP contribution in [0.4, 0.5) is 0 Å². The Labute approximate surface area is 115 Å². The number of carbonyl (C=O) groups excluding carboxylic acids is 1. The summed E-state index contributed by atoms with van der Waals surface area (Å²) >= 11 is 0. The summed E-state index contributed by atoms with van der Waals surface area (Å²) in [6.07, 6.45) is 4.29. The predicted molar refractivity (Wildman–Crippen MR) is 79.2 cm³/mol. The average molecular weight is 261 g/mol. The topological polar surface area (TPSA) is 38.3 Å². The van der Waals surface area contributed by atoms with Crippen molar-refractivity contribution in [3.63, 3.8) is 0 Å². The van der Waals surface area contributed by atoms with Crippen molar-refractivity contribution < 1.29 is 9.53 Å². The first kappa shape index (κ1) is 15.3. The Kier molecular flexibility index (Phi) is 5.61. The Morgan fingerprint density at radius 1 is 1.32 bits per heavy atom. The summed E-state index contributed by atoms with van der Waals surface area (Å²) in [6, 6.07) is 7.71. The van der Waals surface area contributed by atoms with Gasteiger partial charge in [-0.05, 0) is 39.3 Å². The minimum atomic E-state index is -0.223. The average Bonchev–Trinajstić information content (AvgIpc) is 2.32. The lowest BCUT2D eigenvalue weighted by molar-refractivity contribution is -0.117. The van der Waals surface area contributed by atoms with Gasteiger partial charge in [0.05, 0.1) is 6.61 Å². The summed E-state index contributed by atoms with van der Waals surface area (Å²) in [5.41, 5.74) is 0.694. The zero-order chi connectivity index (χ0) is 14.3. The van der Waals surface area contributed by atoms with Crippen LogP contribution in [0.15, 0.2) is 30.3 Å². The largest absolute Gasteiger partial charge is 0.493 e. The fourth-order valence-corrected chi connectivity index (χ4v) is 1.54. The number of hydrogen-bond donors (Lipinski definition) is 1. The van der Waals surface area contributed by atoms with E-state index in [0.29, 0.717) is 6.61 Å². The number of para-hydroxylation sites is 1. The van der Waals surface area contributed by atoms with Gasteiger partial charge in [0.2, 0.25) is 5.91 Å². The van der Waals surface area contributed by atoms with Crippen LogP contribution in [-0.4, -0.2) is 18.1 Å². The van der Waals surface area contributed by atoms with Crippen molar-refractivity contribution in [3.05, 3.63) is 35.9 Å². The van der Waals surface area contributed by atoms with Gasteiger partial charge in [0.1, 0.15) is 5.75 Å². The standard InChI is InChI=1S/C16H23NO2/c1-5-12-19-14-9-7-6-8-13(14)10-11-15(18)17-16(2,3)4/h6-11H,5,12H2,1-4H3,(H,17,18)/b11-10+. The molecule has 1 N–H and O–H groups in total. The minimum Gasteiger partial charge on any atom is -0.493 e. The Morgan fingerprint density at radius 2 is 2.00 bits per heavy atom. The van der Waals surface area contributed by atoms with Crippen molar-refractivity contribution in [2.24, 2.45) is 0 Å². The van der Waals surface area contributed by atoms with Crippen LogP contribution < -0.4 is 10.1 Å². The Bertz CT molecular complexity index is 444. The summed E-state index contributed by atoms with van der Waals surface area (Å²) < 4.78 is 5.64. The maximum atomic E-state index is 11.7. The van der Waals surface area contributed by atoms with E-state index in [2.05, 4.69) is 12.2 Å². The molecule has 19 heavy (non-hydrogen) atoms. The van der Waals surface area contributed by atoms with Crippen LogP contribution in [0, 0.1) is 0 Å². The number of carbonyl (C=O) groups is 1. The van der Waals surface area contributed by atoms with Crippen LogP contribution >= 0.6 is 0 Å². The minimum absolute atomic E-state index is 0.0993. The summed E-state index contributed by atoms with van der Waals surface area (Å²) in [7, 11) is 0. The van der Waals surface area contributed by atoms with Crippen molar-refractivity contribution in [3.8, 4) is 5.75 Å². The molecule has 0 aliphatic rings. The second kappa shape index (κ2) is 6.98. The zero-order valence-electron chi connectivity index (χ0n) is 12.2. The summed E-state index contributed by atoms with van der Waals surface area (Å²) in [6.45, 7) is 8.61. The second-order valence-corrected chi connectivity index (χ2v) is 5.46. The normalized spacial score (nSPS) is 11.6. The van der Waals surface area contributed by atoms with Crippen LogP contribution in [-0.2, 0) is 4.79 Å². The second-order valence-electron chi connectivity index (χ2n) is 5.46. The third-order valence-corrected chi connectivity index (χ3v) is 2.29. The molecule has 3 nitrogen and oxygen atoms in total. The van der Waals surface area contributed by atoms with E-state index < -0.39 is 0 Å². The SMILES string of the molecule is CCCOc1ccccc1/C=C/C(=O)NC(C)(C)C. The Hall–Kier alpha value is -1.77. The molecule has 3 heteroatoms. The van der Waals surface area contributed by atoms with Gasteiger partial charge in [0, 0.05) is 17.2 Å². The van der Waals surface area contributed by atoms with Gasteiger partial charge >= 0.3 is 0 Å². The molecule has 0 spiro atoms. The van der Waals surface area contributed by atoms with Crippen LogP contribution in [0.3, 0.4) is 0 Å². The van der Waals surface area contributed by atoms with Gasteiger partial charge in [-0.25, -0.2) is 0 Å². The zero-order valence-corrected chi connectivity index (χ0v) is 12.2. The Morgan fingerprint density at radius 3 is 2.63 bits per heavy atom. The monoisotopic (exact) mass is 261 g/mol. The van der Waals surface area contributed by atoms with E-state index in [4.69, 9.17) is 4.74 Å². The van der Waals surface area contributed by atoms with E-state index in [-0.39, 0.29) is 11.4 Å². The number of nitrogens with one attached hydrogen (secondary N) is 1. The molecule has 0 atom stereocenters. The fraction of sp³-hybridized carbons (Fsp3) is 0.438. The van der Waals surface area contributed by atoms with Gasteiger partial charge in [0.15, 0.2) is 0 Å². The van der Waals surface area contributed by atoms with Gasteiger partial charge in [-0.2, -0.15) is 0 Å². The van der Waals surface area contributed by atoms with Gasteiger partial charge < -0.3 is 10.1 Å². The number of ether oxygens (including phenoxy) is 1. The van der Waals surface area contributed by atoms with Gasteiger partial charge in [-0.3, -0.25) is 4.79 Å². The van der Waals surface area contributed by atoms with Crippen molar-refractivity contribution >= 4 is 12.0 Å². The lowest BCUT2D eigenvalue weighted by Gasteiger charge is -2.19. The maximum absolute atomic E-state index is 11.7. The molecule has 1 rings (SSSR count). The number of rotatable bonds is 5. The maximum Gasteiger partial charge on any atom is 0.244 e. The van der Waals surface area contributed by atoms with Crippen LogP contribution in [0.2, 0.25) is 0 Å². The molecular formula is C16H23NO2. The predicted octanol–water partition coefficient (Wildman–Crippen LogP) is 3.40. The highest BCUT2D eigenvalue weighted by molar-refractivity contribution is 5.92. The highest BCUT2D eigenvalue weighted by atomic mass is 16.5. The van der Waals surface area contributed by atoms with Crippen molar-refractivity contribution in [2.75, 3.05) is 6.61 Å². The molecule has 0 saturated heterocycles. The molecule has 0 aliphatic carbocycles. The molecule has 0 aliphatic heterocycles. The first-order valence-electron chi connectivity index (χ1n) is 6.64. The summed E-state index contributed by atoms with van der Waals surface area (Å²) in [5, 5.41) is 2.89. The lowest BCUT2D eigenvalue weighted by Crippen LogP contribution is -2.39. The van der Waals surface area contributed by atoms with Crippen molar-refractivity contribution in [1.82, 2.24) is 5.32 Å². The molecule has 0 aromatic heterocycles. The van der Waals surface area contributed by atoms with Crippen LogP contribution in [0.1, 0.15) is 39.7 Å². The summed E-state index contributed by atoms with van der Waals surface area (Å²) in [5.74, 6) is 0.710.